The summed E-state index contributed by atoms with van der Waals surface area (Å²) in [5, 5.41) is 13.9. The molecule has 3 rings (SSSR count). The largest absolute Gasteiger partial charge is 0.467 e. The number of hydrogen-bond acceptors (Lipinski definition) is 6. The van der Waals surface area contributed by atoms with Gasteiger partial charge in [0.15, 0.2) is 6.23 Å². The van der Waals surface area contributed by atoms with E-state index >= 15 is 0 Å². The number of nitrogens with zero attached hydrogens (tertiary/aromatic N) is 2. The number of non-ortho nitro benzene ring substituents is 1. The Hall–Kier alpha value is -1.86. The van der Waals surface area contributed by atoms with Crippen molar-refractivity contribution in [1.82, 2.24) is 4.90 Å². The monoisotopic (exact) mass is 265 g/mol. The molecule has 1 atom stereocenters. The molecule has 0 aliphatic carbocycles. The van der Waals surface area contributed by atoms with E-state index in [0.717, 1.165) is 32.8 Å². The van der Waals surface area contributed by atoms with Crippen molar-refractivity contribution >= 4 is 11.4 Å². The highest BCUT2D eigenvalue weighted by Crippen LogP contribution is 2.34. The number of nitro benzene ring substituents is 1. The van der Waals surface area contributed by atoms with Crippen LogP contribution in [0.25, 0.3) is 0 Å². The number of rotatable bonds is 3. The number of morpholine rings is 1. The van der Waals surface area contributed by atoms with E-state index in [9.17, 15) is 10.1 Å². The lowest BCUT2D eigenvalue weighted by molar-refractivity contribution is -0.384. The molecule has 0 amide bonds. The molecule has 0 aromatic heterocycles. The van der Waals surface area contributed by atoms with Crippen LogP contribution in [0.5, 0.6) is 5.75 Å². The maximum atomic E-state index is 10.7. The second-order valence-electron chi connectivity index (χ2n) is 4.60. The van der Waals surface area contributed by atoms with Crippen LogP contribution >= 0.6 is 0 Å². The van der Waals surface area contributed by atoms with Crippen LogP contribution < -0.4 is 10.1 Å². The van der Waals surface area contributed by atoms with Crippen LogP contribution in [0.3, 0.4) is 0 Å². The molecule has 2 aliphatic heterocycles. The molecular weight excluding hydrogens is 250 g/mol. The lowest BCUT2D eigenvalue weighted by Gasteiger charge is -2.28. The molecule has 0 bridgehead atoms. The number of anilines is 1. The van der Waals surface area contributed by atoms with E-state index in [1.54, 1.807) is 6.07 Å². The molecule has 7 heteroatoms. The van der Waals surface area contributed by atoms with Gasteiger partial charge >= 0.3 is 0 Å². The summed E-state index contributed by atoms with van der Waals surface area (Å²) < 4.78 is 11.0. The van der Waals surface area contributed by atoms with Gasteiger partial charge in [-0.1, -0.05) is 0 Å². The predicted octanol–water partition coefficient (Wildman–Crippen LogP) is 1.06. The molecule has 1 fully saturated rings. The predicted molar refractivity (Wildman–Crippen MR) is 68.4 cm³/mol. The molecule has 2 heterocycles. The van der Waals surface area contributed by atoms with Gasteiger partial charge in [0.1, 0.15) is 5.75 Å². The van der Waals surface area contributed by atoms with Crippen molar-refractivity contribution in [3.05, 3.63) is 28.3 Å². The van der Waals surface area contributed by atoms with Gasteiger partial charge in [-0.2, -0.15) is 0 Å². The summed E-state index contributed by atoms with van der Waals surface area (Å²) in [6.45, 7) is 4.00. The zero-order valence-electron chi connectivity index (χ0n) is 10.4. The van der Waals surface area contributed by atoms with Crippen LogP contribution in [0.15, 0.2) is 18.2 Å². The van der Waals surface area contributed by atoms with Crippen molar-refractivity contribution in [2.75, 3.05) is 38.2 Å². The quantitative estimate of drug-likeness (QED) is 0.650. The number of hydrogen-bond donors (Lipinski definition) is 1. The van der Waals surface area contributed by atoms with Crippen LogP contribution in [-0.2, 0) is 4.74 Å². The Morgan fingerprint density at radius 1 is 1.42 bits per heavy atom. The Balaban J connectivity index is 1.64. The maximum Gasteiger partial charge on any atom is 0.271 e. The SMILES string of the molecule is O=[N+]([O-])c1ccc2c(c1)NC(CN1CCOCC1)O2. The van der Waals surface area contributed by atoms with Crippen LogP contribution in [0, 0.1) is 10.1 Å². The van der Waals surface area contributed by atoms with Crippen molar-refractivity contribution in [2.45, 2.75) is 6.23 Å². The minimum Gasteiger partial charge on any atom is -0.467 e. The molecule has 1 aromatic carbocycles. The number of nitrogens with one attached hydrogen (secondary N) is 1. The third kappa shape index (κ3) is 2.61. The minimum absolute atomic E-state index is 0.0712. The number of nitro groups is 1. The second kappa shape index (κ2) is 5.02. The highest BCUT2D eigenvalue weighted by molar-refractivity contribution is 5.64. The van der Waals surface area contributed by atoms with E-state index in [0.29, 0.717) is 11.4 Å². The van der Waals surface area contributed by atoms with E-state index in [-0.39, 0.29) is 11.9 Å². The third-order valence-corrected chi connectivity index (χ3v) is 3.29. The lowest BCUT2D eigenvalue weighted by Crippen LogP contribution is -2.43. The average molecular weight is 265 g/mol. The second-order valence-corrected chi connectivity index (χ2v) is 4.60. The Labute approximate surface area is 110 Å². The first-order chi connectivity index (χ1) is 9.22. The van der Waals surface area contributed by atoms with E-state index in [4.69, 9.17) is 9.47 Å². The number of benzene rings is 1. The van der Waals surface area contributed by atoms with Crippen molar-refractivity contribution in [2.24, 2.45) is 0 Å². The highest BCUT2D eigenvalue weighted by Gasteiger charge is 2.26. The third-order valence-electron chi connectivity index (χ3n) is 3.29. The van der Waals surface area contributed by atoms with Gasteiger partial charge in [-0.15, -0.1) is 0 Å². The Kier molecular flexibility index (Phi) is 3.22. The summed E-state index contributed by atoms with van der Waals surface area (Å²) in [6, 6.07) is 4.60. The smallest absolute Gasteiger partial charge is 0.271 e. The summed E-state index contributed by atoms with van der Waals surface area (Å²) in [7, 11) is 0. The van der Waals surface area contributed by atoms with E-state index in [2.05, 4.69) is 10.2 Å². The van der Waals surface area contributed by atoms with Crippen LogP contribution in [-0.4, -0.2) is 48.9 Å². The first-order valence-corrected chi connectivity index (χ1v) is 6.24. The zero-order chi connectivity index (χ0) is 13.2. The Morgan fingerprint density at radius 3 is 2.95 bits per heavy atom. The van der Waals surface area contributed by atoms with Crippen LogP contribution in [0.4, 0.5) is 11.4 Å². The molecule has 0 saturated carbocycles. The highest BCUT2D eigenvalue weighted by atomic mass is 16.6. The molecule has 7 nitrogen and oxygen atoms in total. The molecule has 2 aliphatic rings. The molecule has 19 heavy (non-hydrogen) atoms. The van der Waals surface area contributed by atoms with Crippen molar-refractivity contribution in [1.29, 1.82) is 0 Å². The Morgan fingerprint density at radius 2 is 2.21 bits per heavy atom. The van der Waals surface area contributed by atoms with Gasteiger partial charge in [0.25, 0.3) is 5.69 Å². The minimum atomic E-state index is -0.405. The summed E-state index contributed by atoms with van der Waals surface area (Å²) >= 11 is 0. The molecule has 0 radical (unpaired) electrons. The first-order valence-electron chi connectivity index (χ1n) is 6.24. The van der Waals surface area contributed by atoms with Crippen molar-refractivity contribution in [3.8, 4) is 5.75 Å². The summed E-state index contributed by atoms with van der Waals surface area (Å²) in [6.07, 6.45) is -0.157. The van der Waals surface area contributed by atoms with E-state index in [1.807, 2.05) is 0 Å². The summed E-state index contributed by atoms with van der Waals surface area (Å²) in [5.74, 6) is 0.670. The van der Waals surface area contributed by atoms with Gasteiger partial charge in [-0.25, -0.2) is 0 Å². The fourth-order valence-electron chi connectivity index (χ4n) is 2.30. The molecule has 1 aromatic rings. The van der Waals surface area contributed by atoms with Crippen LogP contribution in [0.2, 0.25) is 0 Å². The van der Waals surface area contributed by atoms with Gasteiger partial charge < -0.3 is 14.8 Å². The van der Waals surface area contributed by atoms with Gasteiger partial charge in [-0.05, 0) is 6.07 Å². The fraction of sp³-hybridized carbons (Fsp3) is 0.500. The van der Waals surface area contributed by atoms with Gasteiger partial charge in [0.2, 0.25) is 0 Å². The average Bonchev–Trinajstić information content (AvgIpc) is 2.80. The topological polar surface area (TPSA) is 76.9 Å². The normalized spacial score (nSPS) is 22.4. The number of ether oxygens (including phenoxy) is 2. The van der Waals surface area contributed by atoms with E-state index in [1.165, 1.54) is 12.1 Å². The van der Waals surface area contributed by atoms with Crippen molar-refractivity contribution < 1.29 is 14.4 Å². The molecule has 1 saturated heterocycles. The summed E-state index contributed by atoms with van der Waals surface area (Å²) in [5.41, 5.74) is 0.759. The van der Waals surface area contributed by atoms with Gasteiger partial charge in [0, 0.05) is 25.2 Å². The number of fused-ring (bicyclic) bond motifs is 1. The fourth-order valence-corrected chi connectivity index (χ4v) is 2.30. The zero-order valence-corrected chi connectivity index (χ0v) is 10.4. The molecule has 0 spiro atoms. The van der Waals surface area contributed by atoms with E-state index < -0.39 is 4.92 Å². The summed E-state index contributed by atoms with van der Waals surface area (Å²) in [4.78, 5) is 12.6. The van der Waals surface area contributed by atoms with Crippen LogP contribution in [0.1, 0.15) is 0 Å². The first kappa shape index (κ1) is 12.2. The maximum absolute atomic E-state index is 10.7. The van der Waals surface area contributed by atoms with Gasteiger partial charge in [-0.3, -0.25) is 15.0 Å². The lowest BCUT2D eigenvalue weighted by atomic mass is 10.2. The Bertz CT molecular complexity index is 488. The molecule has 1 N–H and O–H groups in total. The molecule has 1 unspecified atom stereocenters. The van der Waals surface area contributed by atoms with Crippen molar-refractivity contribution in [3.63, 3.8) is 0 Å². The molecule has 102 valence electrons. The standard InChI is InChI=1S/C12H15N3O4/c16-15(17)9-1-2-11-10(7-9)13-12(19-11)8-14-3-5-18-6-4-14/h1-2,7,12-13H,3-6,8H2. The van der Waals surface area contributed by atoms with Gasteiger partial charge in [0.05, 0.1) is 30.4 Å². The molecular formula is C12H15N3O4.